The molecule has 0 bridgehead atoms. The van der Waals surface area contributed by atoms with Crippen LogP contribution in [0.1, 0.15) is 17.3 Å². The summed E-state index contributed by atoms with van der Waals surface area (Å²) in [6.45, 7) is 1.90. The van der Waals surface area contributed by atoms with Crippen LogP contribution in [-0.2, 0) is 7.05 Å². The Balaban J connectivity index is 1.79. The molecule has 3 rings (SSSR count). The van der Waals surface area contributed by atoms with Gasteiger partial charge in [0.15, 0.2) is 16.8 Å². The van der Waals surface area contributed by atoms with Crippen molar-refractivity contribution in [3.05, 3.63) is 66.2 Å². The Kier molecular flexibility index (Phi) is 4.57. The van der Waals surface area contributed by atoms with E-state index in [1.54, 1.807) is 0 Å². The van der Waals surface area contributed by atoms with Crippen LogP contribution in [0.25, 0.3) is 11.4 Å². The third-order valence-electron chi connectivity index (χ3n) is 3.58. The fourth-order valence-corrected chi connectivity index (χ4v) is 3.20. The summed E-state index contributed by atoms with van der Waals surface area (Å²) in [6.07, 6.45) is 0. The van der Waals surface area contributed by atoms with E-state index < -0.39 is 0 Å². The lowest BCUT2D eigenvalue weighted by Crippen LogP contribution is -2.14. The van der Waals surface area contributed by atoms with Gasteiger partial charge in [0.05, 0.1) is 5.25 Å². The van der Waals surface area contributed by atoms with Gasteiger partial charge in [0.1, 0.15) is 0 Å². The van der Waals surface area contributed by atoms with Crippen LogP contribution >= 0.6 is 11.8 Å². The number of carbonyl (C=O) groups is 1. The van der Waals surface area contributed by atoms with Crippen molar-refractivity contribution in [1.82, 2.24) is 14.8 Å². The van der Waals surface area contributed by atoms with Crippen molar-refractivity contribution in [3.63, 3.8) is 0 Å². The summed E-state index contributed by atoms with van der Waals surface area (Å²) in [4.78, 5) is 12.5. The van der Waals surface area contributed by atoms with Crippen molar-refractivity contribution < 1.29 is 4.79 Å². The molecule has 0 N–H and O–H groups in total. The Hall–Kier alpha value is -2.40. The lowest BCUT2D eigenvalue weighted by molar-refractivity contribution is 0.0994. The Bertz CT molecular complexity index is 800. The number of hydrogen-bond acceptors (Lipinski definition) is 4. The van der Waals surface area contributed by atoms with Gasteiger partial charge in [0.2, 0.25) is 0 Å². The first-order valence-corrected chi connectivity index (χ1v) is 8.25. The molecular formula is C18H17N3OS. The Morgan fingerprint density at radius 1 is 1.00 bits per heavy atom. The largest absolute Gasteiger partial charge is 0.305 e. The van der Waals surface area contributed by atoms with E-state index in [1.807, 2.05) is 79.2 Å². The van der Waals surface area contributed by atoms with Gasteiger partial charge in [-0.15, -0.1) is 10.2 Å². The predicted octanol–water partition coefficient (Wildman–Crippen LogP) is 3.85. The first kappa shape index (κ1) is 15.5. The van der Waals surface area contributed by atoms with Gasteiger partial charge in [-0.25, -0.2) is 0 Å². The standard InChI is InChI=1S/C18H17N3OS/c1-13(16(22)14-9-5-3-6-10-14)23-18-20-19-17(21(18)2)15-11-7-4-8-12-15/h3-13H,1-2H3/t13-/m1/s1. The number of Topliss-reactive ketones (excluding diaryl/α,β-unsaturated/α-hetero) is 1. The molecule has 0 amide bonds. The molecule has 116 valence electrons. The van der Waals surface area contributed by atoms with E-state index in [-0.39, 0.29) is 11.0 Å². The molecule has 1 atom stereocenters. The predicted molar refractivity (Wildman–Crippen MR) is 92.5 cm³/mol. The van der Waals surface area contributed by atoms with Gasteiger partial charge < -0.3 is 4.57 Å². The summed E-state index contributed by atoms with van der Waals surface area (Å²) in [6, 6.07) is 19.2. The lowest BCUT2D eigenvalue weighted by Gasteiger charge is -2.10. The van der Waals surface area contributed by atoms with Crippen molar-refractivity contribution >= 4 is 17.5 Å². The normalized spacial score (nSPS) is 12.1. The Morgan fingerprint density at radius 2 is 1.61 bits per heavy atom. The van der Waals surface area contributed by atoms with Crippen molar-refractivity contribution in [2.75, 3.05) is 0 Å². The molecule has 3 aromatic rings. The van der Waals surface area contributed by atoms with E-state index in [0.29, 0.717) is 0 Å². The topological polar surface area (TPSA) is 47.8 Å². The van der Waals surface area contributed by atoms with Crippen molar-refractivity contribution in [2.24, 2.45) is 7.05 Å². The number of hydrogen-bond donors (Lipinski definition) is 0. The molecule has 0 saturated heterocycles. The van der Waals surface area contributed by atoms with Crippen LogP contribution in [0.15, 0.2) is 65.8 Å². The molecule has 0 saturated carbocycles. The van der Waals surface area contributed by atoms with E-state index in [1.165, 1.54) is 11.8 Å². The van der Waals surface area contributed by atoms with Crippen LogP contribution in [0.3, 0.4) is 0 Å². The number of ketones is 1. The van der Waals surface area contributed by atoms with Gasteiger partial charge in [0, 0.05) is 18.2 Å². The number of aromatic nitrogens is 3. The van der Waals surface area contributed by atoms with Gasteiger partial charge in [-0.2, -0.15) is 0 Å². The second-order valence-electron chi connectivity index (χ2n) is 5.22. The molecular weight excluding hydrogens is 306 g/mol. The quantitative estimate of drug-likeness (QED) is 0.528. The molecule has 0 aliphatic heterocycles. The SMILES string of the molecule is C[C@@H](Sc1nnc(-c2ccccc2)n1C)C(=O)c1ccccc1. The smallest absolute Gasteiger partial charge is 0.191 e. The monoisotopic (exact) mass is 323 g/mol. The van der Waals surface area contributed by atoms with Gasteiger partial charge in [-0.05, 0) is 6.92 Å². The number of benzene rings is 2. The first-order chi connectivity index (χ1) is 11.2. The number of thioether (sulfide) groups is 1. The molecule has 5 heteroatoms. The molecule has 0 aliphatic rings. The second-order valence-corrected chi connectivity index (χ2v) is 6.53. The molecule has 2 aromatic carbocycles. The minimum Gasteiger partial charge on any atom is -0.305 e. The highest BCUT2D eigenvalue weighted by molar-refractivity contribution is 8.00. The van der Waals surface area contributed by atoms with Crippen molar-refractivity contribution in [2.45, 2.75) is 17.3 Å². The van der Waals surface area contributed by atoms with Crippen LogP contribution < -0.4 is 0 Å². The maximum atomic E-state index is 12.5. The van der Waals surface area contributed by atoms with Gasteiger partial charge in [-0.1, -0.05) is 72.4 Å². The highest BCUT2D eigenvalue weighted by Crippen LogP contribution is 2.27. The van der Waals surface area contributed by atoms with Gasteiger partial charge >= 0.3 is 0 Å². The molecule has 4 nitrogen and oxygen atoms in total. The highest BCUT2D eigenvalue weighted by Gasteiger charge is 2.20. The summed E-state index contributed by atoms with van der Waals surface area (Å²) < 4.78 is 1.93. The number of rotatable bonds is 5. The highest BCUT2D eigenvalue weighted by atomic mass is 32.2. The molecule has 0 spiro atoms. The molecule has 1 aromatic heterocycles. The van der Waals surface area contributed by atoms with E-state index in [0.717, 1.165) is 22.1 Å². The third-order valence-corrected chi connectivity index (χ3v) is 4.71. The van der Waals surface area contributed by atoms with E-state index in [4.69, 9.17) is 0 Å². The molecule has 0 unspecified atom stereocenters. The van der Waals surface area contributed by atoms with Crippen LogP contribution in [0.4, 0.5) is 0 Å². The second kappa shape index (κ2) is 6.79. The number of carbonyl (C=O) groups excluding carboxylic acids is 1. The summed E-state index contributed by atoms with van der Waals surface area (Å²) in [7, 11) is 1.92. The van der Waals surface area contributed by atoms with E-state index in [9.17, 15) is 4.79 Å². The third kappa shape index (κ3) is 3.35. The van der Waals surface area contributed by atoms with Crippen molar-refractivity contribution in [3.8, 4) is 11.4 Å². The Labute approximate surface area is 139 Å². The summed E-state index contributed by atoms with van der Waals surface area (Å²) in [5.74, 6) is 0.896. The zero-order valence-electron chi connectivity index (χ0n) is 13.0. The lowest BCUT2D eigenvalue weighted by atomic mass is 10.1. The average Bonchev–Trinajstić information content (AvgIpc) is 2.96. The van der Waals surface area contributed by atoms with Gasteiger partial charge in [0.25, 0.3) is 0 Å². The molecule has 23 heavy (non-hydrogen) atoms. The average molecular weight is 323 g/mol. The van der Waals surface area contributed by atoms with E-state index >= 15 is 0 Å². The minimum absolute atomic E-state index is 0.0971. The zero-order valence-corrected chi connectivity index (χ0v) is 13.8. The first-order valence-electron chi connectivity index (χ1n) is 7.37. The summed E-state index contributed by atoms with van der Waals surface area (Å²) in [5.41, 5.74) is 1.73. The molecule has 0 fully saturated rings. The molecule has 0 aliphatic carbocycles. The Morgan fingerprint density at radius 3 is 2.26 bits per heavy atom. The summed E-state index contributed by atoms with van der Waals surface area (Å²) >= 11 is 1.43. The zero-order chi connectivity index (χ0) is 16.2. The van der Waals surface area contributed by atoms with Crippen LogP contribution in [0, 0.1) is 0 Å². The number of nitrogens with zero attached hydrogens (tertiary/aromatic N) is 3. The van der Waals surface area contributed by atoms with Crippen LogP contribution in [0.2, 0.25) is 0 Å². The molecule has 1 heterocycles. The van der Waals surface area contributed by atoms with Crippen molar-refractivity contribution in [1.29, 1.82) is 0 Å². The van der Waals surface area contributed by atoms with E-state index in [2.05, 4.69) is 10.2 Å². The fraction of sp³-hybridized carbons (Fsp3) is 0.167. The molecule has 0 radical (unpaired) electrons. The summed E-state index contributed by atoms with van der Waals surface area (Å²) in [5, 5.41) is 9.00. The van der Waals surface area contributed by atoms with Gasteiger partial charge in [-0.3, -0.25) is 4.79 Å². The fourth-order valence-electron chi connectivity index (χ4n) is 2.30. The van der Waals surface area contributed by atoms with Crippen LogP contribution in [0.5, 0.6) is 0 Å². The maximum absolute atomic E-state index is 12.5. The van der Waals surface area contributed by atoms with Crippen LogP contribution in [-0.4, -0.2) is 25.8 Å². The maximum Gasteiger partial charge on any atom is 0.191 e. The minimum atomic E-state index is -0.219.